The normalized spacial score (nSPS) is 11.3. The molecule has 2 heterocycles. The topological polar surface area (TPSA) is 46.3 Å². The third kappa shape index (κ3) is 2.91. The zero-order valence-corrected chi connectivity index (χ0v) is 15.0. The maximum absolute atomic E-state index is 12.9. The van der Waals surface area contributed by atoms with Gasteiger partial charge in [0.25, 0.3) is 0 Å². The largest absolute Gasteiger partial charge is 0.464 e. The van der Waals surface area contributed by atoms with Gasteiger partial charge >= 0.3 is 0 Å². The minimum absolute atomic E-state index is 0.0323. The molecule has 0 bridgehead atoms. The highest BCUT2D eigenvalue weighted by molar-refractivity contribution is 7.22. The molecule has 0 aliphatic rings. The molecule has 0 radical (unpaired) electrons. The molecule has 0 aliphatic heterocycles. The van der Waals surface area contributed by atoms with Gasteiger partial charge in [0.1, 0.15) is 5.58 Å². The quantitative estimate of drug-likeness (QED) is 0.523. The number of aryl methyl sites for hydroxylation is 1. The molecule has 4 nitrogen and oxygen atoms in total. The number of likely N-dealkylation sites (N-methyl/N-ethyl adjacent to an activating group) is 1. The van der Waals surface area contributed by atoms with Crippen molar-refractivity contribution in [2.24, 2.45) is 0 Å². The summed E-state index contributed by atoms with van der Waals surface area (Å²) in [5, 5.41) is 1.75. The van der Waals surface area contributed by atoms with Crippen molar-refractivity contribution in [2.75, 3.05) is 11.4 Å². The van der Waals surface area contributed by atoms with Gasteiger partial charge in [-0.05, 0) is 37.6 Å². The van der Waals surface area contributed by atoms with Crippen LogP contribution in [0.1, 0.15) is 18.1 Å². The van der Waals surface area contributed by atoms with Gasteiger partial charge in [-0.25, -0.2) is 4.98 Å². The molecule has 126 valence electrons. The van der Waals surface area contributed by atoms with Crippen molar-refractivity contribution in [2.45, 2.75) is 20.3 Å². The standard InChI is InChI=1S/C20H18N2O2S/c1-3-22(20-21-16-6-4-5-7-18(16)25-20)19(23)11-14-12-24-17-10-13(2)8-9-15(14)17/h4-10,12H,3,11H2,1-2H3. The van der Waals surface area contributed by atoms with Crippen molar-refractivity contribution in [1.82, 2.24) is 4.98 Å². The molecule has 0 fully saturated rings. The van der Waals surface area contributed by atoms with Crippen molar-refractivity contribution >= 4 is 43.6 Å². The molecule has 2 aromatic carbocycles. The smallest absolute Gasteiger partial charge is 0.233 e. The fourth-order valence-electron chi connectivity index (χ4n) is 2.98. The Labute approximate surface area is 149 Å². The van der Waals surface area contributed by atoms with Crippen LogP contribution >= 0.6 is 11.3 Å². The first-order chi connectivity index (χ1) is 12.2. The van der Waals surface area contributed by atoms with Crippen molar-refractivity contribution in [3.8, 4) is 0 Å². The van der Waals surface area contributed by atoms with Crippen LogP contribution in [0.15, 0.2) is 53.1 Å². The second-order valence-corrected chi connectivity index (χ2v) is 7.05. The minimum Gasteiger partial charge on any atom is -0.464 e. The molecule has 0 atom stereocenters. The molecular formula is C20H18N2O2S. The van der Waals surface area contributed by atoms with Crippen molar-refractivity contribution < 1.29 is 9.21 Å². The maximum atomic E-state index is 12.9. The number of rotatable bonds is 4. The summed E-state index contributed by atoms with van der Waals surface area (Å²) in [4.78, 5) is 19.2. The summed E-state index contributed by atoms with van der Waals surface area (Å²) in [6, 6.07) is 14.0. The van der Waals surface area contributed by atoms with Crippen molar-refractivity contribution in [3.05, 3.63) is 59.9 Å². The van der Waals surface area contributed by atoms with Crippen LogP contribution in [0.25, 0.3) is 21.2 Å². The van der Waals surface area contributed by atoms with Crippen LogP contribution in [0, 0.1) is 6.92 Å². The monoisotopic (exact) mass is 350 g/mol. The molecule has 0 aliphatic carbocycles. The SMILES string of the molecule is CCN(C(=O)Cc1coc2cc(C)ccc12)c1nc2ccccc2s1. The van der Waals surface area contributed by atoms with Crippen molar-refractivity contribution in [1.29, 1.82) is 0 Å². The molecule has 4 aromatic rings. The molecule has 0 spiro atoms. The number of hydrogen-bond donors (Lipinski definition) is 0. The lowest BCUT2D eigenvalue weighted by molar-refractivity contribution is -0.117. The summed E-state index contributed by atoms with van der Waals surface area (Å²) >= 11 is 1.55. The number of fused-ring (bicyclic) bond motifs is 2. The number of carbonyl (C=O) groups is 1. The van der Waals surface area contributed by atoms with Crippen LogP contribution in [0.5, 0.6) is 0 Å². The molecule has 5 heteroatoms. The fraction of sp³-hybridized carbons (Fsp3) is 0.200. The number of aromatic nitrogens is 1. The third-order valence-corrected chi connectivity index (χ3v) is 5.34. The predicted molar refractivity (Wildman–Crippen MR) is 102 cm³/mol. The number of amides is 1. The average Bonchev–Trinajstić information content (AvgIpc) is 3.19. The van der Waals surface area contributed by atoms with E-state index in [0.29, 0.717) is 13.0 Å². The van der Waals surface area contributed by atoms with Crippen LogP contribution < -0.4 is 4.90 Å². The second kappa shape index (κ2) is 6.33. The van der Waals surface area contributed by atoms with E-state index < -0.39 is 0 Å². The number of para-hydroxylation sites is 1. The van der Waals surface area contributed by atoms with Gasteiger partial charge in [-0.2, -0.15) is 0 Å². The van der Waals surface area contributed by atoms with Crippen molar-refractivity contribution in [3.63, 3.8) is 0 Å². The summed E-state index contributed by atoms with van der Waals surface area (Å²) < 4.78 is 6.70. The van der Waals surface area contributed by atoms with E-state index in [0.717, 1.165) is 37.4 Å². The molecule has 4 rings (SSSR count). The zero-order valence-electron chi connectivity index (χ0n) is 14.2. The first-order valence-electron chi connectivity index (χ1n) is 8.28. The Kier molecular flexibility index (Phi) is 4.01. The number of thiazole rings is 1. The summed E-state index contributed by atoms with van der Waals surface area (Å²) in [6.07, 6.45) is 1.99. The molecule has 0 saturated carbocycles. The Morgan fingerprint density at radius 3 is 2.88 bits per heavy atom. The van der Waals surface area contributed by atoms with Gasteiger partial charge in [0.15, 0.2) is 5.13 Å². The molecular weight excluding hydrogens is 332 g/mol. The van der Waals surface area contributed by atoms with Gasteiger partial charge in [0.05, 0.1) is 22.9 Å². The number of carbonyl (C=O) groups excluding carboxylic acids is 1. The Morgan fingerprint density at radius 1 is 1.24 bits per heavy atom. The number of furan rings is 1. The lowest BCUT2D eigenvalue weighted by Gasteiger charge is -2.17. The van der Waals surface area contributed by atoms with E-state index in [9.17, 15) is 4.79 Å². The predicted octanol–water partition coefficient (Wildman–Crippen LogP) is 4.95. The van der Waals surface area contributed by atoms with Gasteiger partial charge in [-0.1, -0.05) is 35.6 Å². The van der Waals surface area contributed by atoms with Gasteiger partial charge in [-0.15, -0.1) is 0 Å². The molecule has 1 amide bonds. The van der Waals surface area contributed by atoms with Gasteiger partial charge in [0, 0.05) is 17.5 Å². The van der Waals surface area contributed by atoms with E-state index in [-0.39, 0.29) is 5.91 Å². The highest BCUT2D eigenvalue weighted by Crippen LogP contribution is 2.29. The molecule has 25 heavy (non-hydrogen) atoms. The number of hydrogen-bond acceptors (Lipinski definition) is 4. The number of anilines is 1. The lowest BCUT2D eigenvalue weighted by atomic mass is 10.1. The Bertz CT molecular complexity index is 1030. The Morgan fingerprint density at radius 2 is 2.08 bits per heavy atom. The maximum Gasteiger partial charge on any atom is 0.233 e. The van der Waals surface area contributed by atoms with Crippen LogP contribution in [0.3, 0.4) is 0 Å². The summed E-state index contributed by atoms with van der Waals surface area (Å²) in [7, 11) is 0. The van der Waals surface area contributed by atoms with E-state index in [1.165, 1.54) is 0 Å². The van der Waals surface area contributed by atoms with Crippen LogP contribution in [-0.4, -0.2) is 17.4 Å². The Balaban J connectivity index is 1.63. The number of nitrogens with zero attached hydrogens (tertiary/aromatic N) is 2. The van der Waals surface area contributed by atoms with E-state index in [2.05, 4.69) is 4.98 Å². The molecule has 0 N–H and O–H groups in total. The second-order valence-electron chi connectivity index (χ2n) is 6.04. The van der Waals surface area contributed by atoms with E-state index in [1.54, 1.807) is 22.5 Å². The number of benzene rings is 2. The molecule has 0 unspecified atom stereocenters. The van der Waals surface area contributed by atoms with Gasteiger partial charge < -0.3 is 4.42 Å². The minimum atomic E-state index is 0.0323. The summed E-state index contributed by atoms with van der Waals surface area (Å²) in [5.74, 6) is 0.0323. The Hall–Kier alpha value is -2.66. The first kappa shape index (κ1) is 15.8. The highest BCUT2D eigenvalue weighted by Gasteiger charge is 2.20. The van der Waals surface area contributed by atoms with Gasteiger partial charge in [-0.3, -0.25) is 9.69 Å². The van der Waals surface area contributed by atoms with Crippen LogP contribution in [-0.2, 0) is 11.2 Å². The highest BCUT2D eigenvalue weighted by atomic mass is 32.1. The van der Waals surface area contributed by atoms with Crippen LogP contribution in [0.2, 0.25) is 0 Å². The summed E-state index contributed by atoms with van der Waals surface area (Å²) in [5.41, 5.74) is 3.81. The van der Waals surface area contributed by atoms with Crippen LogP contribution in [0.4, 0.5) is 5.13 Å². The lowest BCUT2D eigenvalue weighted by Crippen LogP contribution is -2.31. The third-order valence-electron chi connectivity index (χ3n) is 4.28. The van der Waals surface area contributed by atoms with Gasteiger partial charge in [0.2, 0.25) is 5.91 Å². The zero-order chi connectivity index (χ0) is 17.4. The van der Waals surface area contributed by atoms with E-state index in [4.69, 9.17) is 4.42 Å². The van der Waals surface area contributed by atoms with E-state index >= 15 is 0 Å². The first-order valence-corrected chi connectivity index (χ1v) is 9.10. The molecule has 0 saturated heterocycles. The average molecular weight is 350 g/mol. The summed E-state index contributed by atoms with van der Waals surface area (Å²) in [6.45, 7) is 4.59. The fourth-order valence-corrected chi connectivity index (χ4v) is 4.03. The molecule has 2 aromatic heterocycles. The van der Waals surface area contributed by atoms with E-state index in [1.807, 2.05) is 56.3 Å².